The third-order valence-electron chi connectivity index (χ3n) is 2.39. The molecule has 2 N–H and O–H groups in total. The number of anilines is 1. The van der Waals surface area contributed by atoms with Crippen molar-refractivity contribution >= 4 is 33.1 Å². The molecular formula is C9H8N3NaO9S. The van der Waals surface area contributed by atoms with E-state index < -0.39 is 54.8 Å². The van der Waals surface area contributed by atoms with Crippen LogP contribution in [-0.2, 0) is 14.9 Å². The predicted molar refractivity (Wildman–Crippen MR) is 69.4 cm³/mol. The summed E-state index contributed by atoms with van der Waals surface area (Å²) in [7, 11) is -4.91. The van der Waals surface area contributed by atoms with Gasteiger partial charge in [-0.25, -0.2) is 13.2 Å². The molecule has 0 aromatic heterocycles. The van der Waals surface area contributed by atoms with Crippen LogP contribution in [0.3, 0.4) is 0 Å². The summed E-state index contributed by atoms with van der Waals surface area (Å²) in [5.74, 6) is -3.08. The van der Waals surface area contributed by atoms with Gasteiger partial charge in [0.1, 0.15) is 11.7 Å². The Morgan fingerprint density at radius 1 is 1.26 bits per heavy atom. The number of aliphatic carboxylic acids is 1. The maximum absolute atomic E-state index is 10.9. The number of non-ortho nitro benzene ring substituents is 1. The first-order valence-corrected chi connectivity index (χ1v) is 6.94. The summed E-state index contributed by atoms with van der Waals surface area (Å²) in [6.07, 6.45) is 0. The average Bonchev–Trinajstić information content (AvgIpc) is 2.36. The van der Waals surface area contributed by atoms with Crippen LogP contribution in [0.25, 0.3) is 0 Å². The molecule has 0 bridgehead atoms. The van der Waals surface area contributed by atoms with Crippen molar-refractivity contribution in [2.45, 2.75) is 6.04 Å². The van der Waals surface area contributed by atoms with Crippen molar-refractivity contribution in [2.75, 3.05) is 11.1 Å². The molecule has 0 saturated heterocycles. The van der Waals surface area contributed by atoms with Gasteiger partial charge in [0.15, 0.2) is 0 Å². The van der Waals surface area contributed by atoms with E-state index in [0.29, 0.717) is 6.07 Å². The number of nitro groups is 2. The normalized spacial score (nSPS) is 11.9. The molecule has 0 spiro atoms. The van der Waals surface area contributed by atoms with Crippen LogP contribution in [0.2, 0.25) is 0 Å². The first kappa shape index (κ1) is 21.2. The van der Waals surface area contributed by atoms with E-state index in [2.05, 4.69) is 0 Å². The van der Waals surface area contributed by atoms with E-state index in [1.807, 2.05) is 5.32 Å². The second kappa shape index (κ2) is 8.16. The number of nitro benzene ring substituents is 2. The zero-order chi connectivity index (χ0) is 17.1. The summed E-state index contributed by atoms with van der Waals surface area (Å²) >= 11 is 0. The summed E-state index contributed by atoms with van der Waals surface area (Å²) in [4.78, 5) is 30.4. The Morgan fingerprint density at radius 2 is 1.83 bits per heavy atom. The summed E-state index contributed by atoms with van der Waals surface area (Å²) in [6.45, 7) is 0. The predicted octanol–water partition coefficient (Wildman–Crippen LogP) is -3.08. The maximum Gasteiger partial charge on any atom is 1.00 e. The molecule has 1 atom stereocenters. The first-order chi connectivity index (χ1) is 10.0. The largest absolute Gasteiger partial charge is 1.00 e. The van der Waals surface area contributed by atoms with Gasteiger partial charge in [0.2, 0.25) is 0 Å². The first-order valence-electron chi connectivity index (χ1n) is 5.37. The third-order valence-corrected chi connectivity index (χ3v) is 3.13. The molecule has 0 radical (unpaired) electrons. The van der Waals surface area contributed by atoms with Gasteiger partial charge in [-0.2, -0.15) is 0 Å². The molecule has 0 amide bonds. The Labute approximate surface area is 150 Å². The van der Waals surface area contributed by atoms with Gasteiger partial charge in [0, 0.05) is 6.07 Å². The molecule has 14 heteroatoms. The fraction of sp³-hybridized carbons (Fsp3) is 0.222. The van der Waals surface area contributed by atoms with E-state index in [1.165, 1.54) is 0 Å². The summed E-state index contributed by atoms with van der Waals surface area (Å²) < 4.78 is 31.8. The van der Waals surface area contributed by atoms with Crippen LogP contribution in [0.1, 0.15) is 0 Å². The standard InChI is InChI=1S/C9H9N3O9S.Na/c13-9(14)7(4-22(19,20)21)10-6-2-1-5(11(15)16)3-8(6)12(17)18;/h1-3,7,10H,4H2,(H,13,14)(H,19,20,21);/q;+1/p-1/t7-;/m0./s1. The van der Waals surface area contributed by atoms with Gasteiger partial charge < -0.3 is 15.0 Å². The average molecular weight is 357 g/mol. The van der Waals surface area contributed by atoms with Crippen LogP contribution in [-0.4, -0.2) is 45.7 Å². The number of nitrogens with one attached hydrogen (secondary N) is 1. The number of benzene rings is 1. The minimum Gasteiger partial charge on any atom is -0.748 e. The third kappa shape index (κ3) is 6.45. The van der Waals surface area contributed by atoms with Crippen LogP contribution in [0.15, 0.2) is 18.2 Å². The Hall–Kier alpha value is -1.80. The van der Waals surface area contributed by atoms with Crippen LogP contribution < -0.4 is 34.9 Å². The minimum atomic E-state index is -4.91. The van der Waals surface area contributed by atoms with Crippen LogP contribution >= 0.6 is 0 Å². The molecule has 0 aliphatic heterocycles. The van der Waals surface area contributed by atoms with Crippen LogP contribution in [0.4, 0.5) is 17.1 Å². The summed E-state index contributed by atoms with van der Waals surface area (Å²) in [5, 5.41) is 32.2. The van der Waals surface area contributed by atoms with Crippen molar-refractivity contribution in [1.29, 1.82) is 0 Å². The Balaban J connectivity index is 0.00000484. The van der Waals surface area contributed by atoms with Crippen molar-refractivity contribution in [2.24, 2.45) is 0 Å². The fourth-order valence-corrected chi connectivity index (χ4v) is 2.11. The van der Waals surface area contributed by atoms with Gasteiger partial charge in [-0.05, 0) is 6.07 Å². The second-order valence-electron chi connectivity index (χ2n) is 3.98. The summed E-state index contributed by atoms with van der Waals surface area (Å²) in [6, 6.07) is 0.346. The number of nitrogens with zero attached hydrogens (tertiary/aromatic N) is 2. The van der Waals surface area contributed by atoms with E-state index >= 15 is 0 Å². The van der Waals surface area contributed by atoms with Crippen molar-refractivity contribution in [3.63, 3.8) is 0 Å². The monoisotopic (exact) mass is 357 g/mol. The molecule has 0 aliphatic carbocycles. The fourth-order valence-electron chi connectivity index (χ4n) is 1.47. The summed E-state index contributed by atoms with van der Waals surface area (Å²) in [5.41, 5.74) is -1.91. The van der Waals surface area contributed by atoms with Gasteiger partial charge in [-0.15, -0.1) is 0 Å². The number of hydrogen-bond donors (Lipinski definition) is 2. The van der Waals surface area contributed by atoms with Crippen molar-refractivity contribution in [3.05, 3.63) is 38.4 Å². The van der Waals surface area contributed by atoms with Crippen molar-refractivity contribution in [1.82, 2.24) is 0 Å². The zero-order valence-electron chi connectivity index (χ0n) is 11.5. The molecule has 120 valence electrons. The Bertz CT molecular complexity index is 736. The number of carbonyl (C=O) groups is 1. The van der Waals surface area contributed by atoms with Gasteiger partial charge in [0.05, 0.1) is 31.8 Å². The SMILES string of the molecule is O=C(O)[C@H](CS(=O)(=O)[O-])Nc1ccc([N+](=O)[O-])cc1[N+](=O)[O-].[Na+]. The quantitative estimate of drug-likeness (QED) is 0.219. The Kier molecular flexibility index (Phi) is 7.53. The topological polar surface area (TPSA) is 193 Å². The molecule has 0 fully saturated rings. The van der Waals surface area contributed by atoms with E-state index in [1.54, 1.807) is 0 Å². The van der Waals surface area contributed by atoms with Crippen molar-refractivity contribution < 1.29 is 62.3 Å². The second-order valence-corrected chi connectivity index (χ2v) is 5.42. The Morgan fingerprint density at radius 3 is 2.22 bits per heavy atom. The molecule has 1 rings (SSSR count). The van der Waals surface area contributed by atoms with Gasteiger partial charge >= 0.3 is 35.5 Å². The van der Waals surface area contributed by atoms with Gasteiger partial charge in [-0.3, -0.25) is 20.2 Å². The molecule has 0 heterocycles. The molecular weight excluding hydrogens is 349 g/mol. The number of carboxylic acid groups (broad SMARTS) is 1. The molecule has 1 aromatic carbocycles. The van der Waals surface area contributed by atoms with E-state index in [-0.39, 0.29) is 29.6 Å². The van der Waals surface area contributed by atoms with E-state index in [9.17, 15) is 38.0 Å². The van der Waals surface area contributed by atoms with E-state index in [4.69, 9.17) is 5.11 Å². The maximum atomic E-state index is 10.9. The van der Waals surface area contributed by atoms with Crippen molar-refractivity contribution in [3.8, 4) is 0 Å². The molecule has 12 nitrogen and oxygen atoms in total. The van der Waals surface area contributed by atoms with Crippen LogP contribution in [0, 0.1) is 20.2 Å². The number of hydrogen-bond acceptors (Lipinski definition) is 9. The molecule has 23 heavy (non-hydrogen) atoms. The smallest absolute Gasteiger partial charge is 0.748 e. The molecule has 0 saturated carbocycles. The van der Waals surface area contributed by atoms with E-state index in [0.717, 1.165) is 12.1 Å². The molecule has 0 aliphatic rings. The van der Waals surface area contributed by atoms with Crippen LogP contribution in [0.5, 0.6) is 0 Å². The van der Waals surface area contributed by atoms with Gasteiger partial charge in [-0.1, -0.05) is 0 Å². The molecule has 1 aromatic rings. The van der Waals surface area contributed by atoms with Gasteiger partial charge in [0.25, 0.3) is 11.4 Å². The zero-order valence-corrected chi connectivity index (χ0v) is 14.3. The number of carboxylic acids is 1. The molecule has 0 unspecified atom stereocenters. The minimum absolute atomic E-state index is 0. The number of rotatable bonds is 7.